The normalized spacial score (nSPS) is 27.0. The third-order valence-electron chi connectivity index (χ3n) is 4.78. The first-order valence-electron chi connectivity index (χ1n) is 7.55. The van der Waals surface area contributed by atoms with Crippen molar-refractivity contribution in [3.8, 4) is 0 Å². The van der Waals surface area contributed by atoms with Crippen LogP contribution in [0.2, 0.25) is 0 Å². The van der Waals surface area contributed by atoms with Crippen LogP contribution in [0.5, 0.6) is 0 Å². The molecule has 0 spiro atoms. The molecule has 3 rings (SSSR count). The molecular formula is C16H21F3N2. The van der Waals surface area contributed by atoms with Crippen molar-refractivity contribution in [2.75, 3.05) is 24.5 Å². The summed E-state index contributed by atoms with van der Waals surface area (Å²) in [5.41, 5.74) is 1.11. The topological polar surface area (TPSA) is 6.48 Å². The maximum absolute atomic E-state index is 13.0. The lowest BCUT2D eigenvalue weighted by molar-refractivity contribution is -0.137. The molecule has 2 aliphatic heterocycles. The zero-order valence-corrected chi connectivity index (χ0v) is 12.5. The summed E-state index contributed by atoms with van der Waals surface area (Å²) in [7, 11) is 0. The molecule has 2 fully saturated rings. The molecule has 1 aromatic rings. The molecule has 0 N–H and O–H groups in total. The Bertz CT molecular complexity index is 527. The van der Waals surface area contributed by atoms with Crippen LogP contribution in [-0.2, 0) is 6.18 Å². The van der Waals surface area contributed by atoms with Crippen molar-refractivity contribution in [2.45, 2.75) is 44.9 Å². The summed E-state index contributed by atoms with van der Waals surface area (Å²) in [4.78, 5) is 4.64. The van der Waals surface area contributed by atoms with Gasteiger partial charge in [0.1, 0.15) is 0 Å². The van der Waals surface area contributed by atoms with Gasteiger partial charge in [0.25, 0.3) is 0 Å². The van der Waals surface area contributed by atoms with Crippen molar-refractivity contribution < 1.29 is 13.2 Å². The second-order valence-corrected chi connectivity index (χ2v) is 6.29. The third-order valence-corrected chi connectivity index (χ3v) is 4.78. The van der Waals surface area contributed by atoms with Crippen LogP contribution in [0.1, 0.15) is 30.9 Å². The van der Waals surface area contributed by atoms with E-state index in [1.165, 1.54) is 18.6 Å². The molecule has 2 nitrogen and oxygen atoms in total. The van der Waals surface area contributed by atoms with Crippen LogP contribution < -0.4 is 4.90 Å². The molecule has 1 aromatic carbocycles. The number of nitrogens with zero attached hydrogens (tertiary/aromatic N) is 2. The zero-order chi connectivity index (χ0) is 15.2. The van der Waals surface area contributed by atoms with E-state index in [1.807, 2.05) is 6.92 Å². The first-order valence-corrected chi connectivity index (χ1v) is 7.55. The molecule has 2 heterocycles. The number of alkyl halides is 3. The summed E-state index contributed by atoms with van der Waals surface area (Å²) >= 11 is 0. The first-order chi connectivity index (χ1) is 9.86. The van der Waals surface area contributed by atoms with Gasteiger partial charge in [-0.25, -0.2) is 0 Å². The van der Waals surface area contributed by atoms with E-state index in [9.17, 15) is 13.2 Å². The van der Waals surface area contributed by atoms with Crippen LogP contribution >= 0.6 is 0 Å². The van der Waals surface area contributed by atoms with Gasteiger partial charge < -0.3 is 4.90 Å². The summed E-state index contributed by atoms with van der Waals surface area (Å²) in [5.74, 6) is 0. The number of anilines is 1. The lowest BCUT2D eigenvalue weighted by Crippen LogP contribution is -2.55. The number of piperazine rings is 1. The van der Waals surface area contributed by atoms with E-state index in [-0.39, 0.29) is 6.04 Å². The highest BCUT2D eigenvalue weighted by molar-refractivity contribution is 5.57. The lowest BCUT2D eigenvalue weighted by Gasteiger charge is -2.44. The average molecular weight is 298 g/mol. The fourth-order valence-corrected chi connectivity index (χ4v) is 3.62. The molecule has 0 radical (unpaired) electrons. The average Bonchev–Trinajstić information content (AvgIpc) is 2.84. The number of halogens is 3. The lowest BCUT2D eigenvalue weighted by atomic mass is 10.0. The molecular weight excluding hydrogens is 277 g/mol. The van der Waals surface area contributed by atoms with Crippen molar-refractivity contribution in [3.05, 3.63) is 29.3 Å². The van der Waals surface area contributed by atoms with Gasteiger partial charge in [-0.15, -0.1) is 0 Å². The SMILES string of the molecule is Cc1ccc(C(F)(F)F)cc1N1CC2CCCN2CC1C. The highest BCUT2D eigenvalue weighted by Crippen LogP contribution is 2.36. The van der Waals surface area contributed by atoms with Crippen LogP contribution in [0, 0.1) is 6.92 Å². The van der Waals surface area contributed by atoms with Gasteiger partial charge in [0.05, 0.1) is 5.56 Å². The maximum atomic E-state index is 13.0. The molecule has 2 saturated heterocycles. The highest BCUT2D eigenvalue weighted by Gasteiger charge is 2.36. The summed E-state index contributed by atoms with van der Waals surface area (Å²) in [6.45, 7) is 6.91. The molecule has 0 aliphatic carbocycles. The smallest absolute Gasteiger partial charge is 0.366 e. The van der Waals surface area contributed by atoms with Gasteiger partial charge in [-0.2, -0.15) is 13.2 Å². The Kier molecular flexibility index (Phi) is 3.64. The van der Waals surface area contributed by atoms with E-state index in [0.717, 1.165) is 37.3 Å². The summed E-state index contributed by atoms with van der Waals surface area (Å²) in [5, 5.41) is 0. The molecule has 116 valence electrons. The number of benzene rings is 1. The van der Waals surface area contributed by atoms with Gasteiger partial charge in [-0.1, -0.05) is 6.07 Å². The summed E-state index contributed by atoms with van der Waals surface area (Å²) in [6, 6.07) is 4.83. The highest BCUT2D eigenvalue weighted by atomic mass is 19.4. The van der Waals surface area contributed by atoms with Crippen molar-refractivity contribution in [1.82, 2.24) is 4.90 Å². The number of hydrogen-bond donors (Lipinski definition) is 0. The van der Waals surface area contributed by atoms with Crippen LogP contribution in [-0.4, -0.2) is 36.6 Å². The number of aryl methyl sites for hydroxylation is 1. The predicted octanol–water partition coefficient (Wildman–Crippen LogP) is 3.69. The minimum absolute atomic E-state index is 0.251. The van der Waals surface area contributed by atoms with Crippen LogP contribution in [0.3, 0.4) is 0 Å². The van der Waals surface area contributed by atoms with Crippen molar-refractivity contribution in [1.29, 1.82) is 0 Å². The second-order valence-electron chi connectivity index (χ2n) is 6.29. The predicted molar refractivity (Wildman–Crippen MR) is 77.6 cm³/mol. The van der Waals surface area contributed by atoms with Gasteiger partial charge in [-0.05, 0) is 50.9 Å². The Morgan fingerprint density at radius 2 is 1.95 bits per heavy atom. The van der Waals surface area contributed by atoms with Gasteiger partial charge in [0.2, 0.25) is 0 Å². The van der Waals surface area contributed by atoms with E-state index in [1.54, 1.807) is 6.07 Å². The molecule has 0 saturated carbocycles. The Morgan fingerprint density at radius 3 is 2.67 bits per heavy atom. The summed E-state index contributed by atoms with van der Waals surface area (Å²) in [6.07, 6.45) is -1.92. The first kappa shape index (κ1) is 14.7. The van der Waals surface area contributed by atoms with Crippen LogP contribution in [0.15, 0.2) is 18.2 Å². The zero-order valence-electron chi connectivity index (χ0n) is 12.5. The van der Waals surface area contributed by atoms with Crippen molar-refractivity contribution in [3.63, 3.8) is 0 Å². The Morgan fingerprint density at radius 1 is 1.19 bits per heavy atom. The van der Waals surface area contributed by atoms with Gasteiger partial charge in [-0.3, -0.25) is 4.90 Å². The monoisotopic (exact) mass is 298 g/mol. The molecule has 0 bridgehead atoms. The van der Waals surface area contributed by atoms with Crippen molar-refractivity contribution >= 4 is 5.69 Å². The molecule has 21 heavy (non-hydrogen) atoms. The number of fused-ring (bicyclic) bond motifs is 1. The molecule has 2 aliphatic rings. The van der Waals surface area contributed by atoms with Crippen LogP contribution in [0.25, 0.3) is 0 Å². The quantitative estimate of drug-likeness (QED) is 0.780. The standard InChI is InChI=1S/C16H21F3N2/c1-11-5-6-13(16(17,18)19)8-15(11)21-10-14-4-3-7-20(14)9-12(21)2/h5-6,8,12,14H,3-4,7,9-10H2,1-2H3. The second kappa shape index (κ2) is 5.20. The Hall–Kier alpha value is -1.23. The van der Waals surface area contributed by atoms with E-state index in [2.05, 4.69) is 16.7 Å². The van der Waals surface area contributed by atoms with Gasteiger partial charge in [0.15, 0.2) is 0 Å². The number of hydrogen-bond acceptors (Lipinski definition) is 2. The van der Waals surface area contributed by atoms with E-state index in [0.29, 0.717) is 6.04 Å². The molecule has 2 unspecified atom stereocenters. The molecule has 5 heteroatoms. The minimum Gasteiger partial charge on any atom is -0.366 e. The van der Waals surface area contributed by atoms with Crippen LogP contribution in [0.4, 0.5) is 18.9 Å². The van der Waals surface area contributed by atoms with E-state index < -0.39 is 11.7 Å². The fraction of sp³-hybridized carbons (Fsp3) is 0.625. The van der Waals surface area contributed by atoms with Crippen molar-refractivity contribution in [2.24, 2.45) is 0 Å². The molecule has 0 amide bonds. The van der Waals surface area contributed by atoms with Gasteiger partial charge in [0, 0.05) is 30.9 Å². The van der Waals surface area contributed by atoms with Gasteiger partial charge >= 0.3 is 6.18 Å². The number of rotatable bonds is 1. The third kappa shape index (κ3) is 2.76. The minimum atomic E-state index is -4.28. The molecule has 2 atom stereocenters. The Balaban J connectivity index is 1.92. The van der Waals surface area contributed by atoms with E-state index >= 15 is 0 Å². The fourth-order valence-electron chi connectivity index (χ4n) is 3.62. The Labute approximate surface area is 123 Å². The molecule has 0 aromatic heterocycles. The maximum Gasteiger partial charge on any atom is 0.416 e. The van der Waals surface area contributed by atoms with E-state index in [4.69, 9.17) is 0 Å². The largest absolute Gasteiger partial charge is 0.416 e. The summed E-state index contributed by atoms with van der Waals surface area (Å²) < 4.78 is 38.9.